The quantitative estimate of drug-likeness (QED) is 0.358. The first-order valence-corrected chi connectivity index (χ1v) is 9.39. The number of nitrogens with one attached hydrogen (secondary N) is 1. The maximum Gasteiger partial charge on any atom is 0.273 e. The summed E-state index contributed by atoms with van der Waals surface area (Å²) >= 11 is 5.96. The average Bonchev–Trinajstić information content (AvgIpc) is 3.10. The molecule has 0 fully saturated rings. The number of nitrogens with zero attached hydrogens (tertiary/aromatic N) is 2. The summed E-state index contributed by atoms with van der Waals surface area (Å²) in [5.74, 6) is -0.630. The van der Waals surface area contributed by atoms with Gasteiger partial charge >= 0.3 is 0 Å². The lowest BCUT2D eigenvalue weighted by Crippen LogP contribution is -2.17. The smallest absolute Gasteiger partial charge is 0.273 e. The van der Waals surface area contributed by atoms with Crippen LogP contribution in [0.25, 0.3) is 10.9 Å². The van der Waals surface area contributed by atoms with Gasteiger partial charge < -0.3 is 4.57 Å². The molecule has 0 bridgehead atoms. The van der Waals surface area contributed by atoms with Crippen molar-refractivity contribution in [3.63, 3.8) is 0 Å². The number of hydrazone groups is 1. The molecular formula is C23H17ClFN3O. The predicted molar refractivity (Wildman–Crippen MR) is 114 cm³/mol. The van der Waals surface area contributed by atoms with E-state index < -0.39 is 0 Å². The molecule has 0 saturated heterocycles. The fourth-order valence-corrected chi connectivity index (χ4v) is 3.25. The summed E-state index contributed by atoms with van der Waals surface area (Å²) in [6.45, 7) is 0.615. The highest BCUT2D eigenvalue weighted by molar-refractivity contribution is 6.30. The Balaban J connectivity index is 1.57. The summed E-state index contributed by atoms with van der Waals surface area (Å²) < 4.78 is 15.0. The van der Waals surface area contributed by atoms with Crippen molar-refractivity contribution in [1.82, 2.24) is 9.99 Å². The molecule has 0 saturated carbocycles. The van der Waals surface area contributed by atoms with Gasteiger partial charge in [-0.05, 0) is 41.5 Å². The van der Waals surface area contributed by atoms with Gasteiger partial charge in [0, 0.05) is 28.7 Å². The zero-order valence-electron chi connectivity index (χ0n) is 15.3. The van der Waals surface area contributed by atoms with Gasteiger partial charge in [-0.15, -0.1) is 0 Å². The molecule has 0 radical (unpaired) electrons. The first-order chi connectivity index (χ1) is 14.1. The van der Waals surface area contributed by atoms with Gasteiger partial charge in [0.05, 0.1) is 11.8 Å². The zero-order chi connectivity index (χ0) is 20.2. The van der Waals surface area contributed by atoms with Crippen molar-refractivity contribution in [2.75, 3.05) is 0 Å². The van der Waals surface area contributed by atoms with Crippen molar-refractivity contribution in [2.45, 2.75) is 6.54 Å². The van der Waals surface area contributed by atoms with E-state index in [1.54, 1.807) is 12.1 Å². The highest BCUT2D eigenvalue weighted by Gasteiger charge is 2.14. The molecule has 0 spiro atoms. The molecule has 6 heteroatoms. The molecule has 1 aromatic heterocycles. The number of fused-ring (bicyclic) bond motifs is 1. The van der Waals surface area contributed by atoms with Crippen LogP contribution in [0.2, 0.25) is 5.02 Å². The number of para-hydroxylation sites is 1. The number of benzene rings is 3. The molecule has 0 aliphatic rings. The summed E-state index contributed by atoms with van der Waals surface area (Å²) in [6, 6.07) is 21.2. The topological polar surface area (TPSA) is 46.4 Å². The second-order valence-electron chi connectivity index (χ2n) is 6.56. The number of hydrogen-bond acceptors (Lipinski definition) is 2. The first-order valence-electron chi connectivity index (χ1n) is 9.01. The Kier molecular flexibility index (Phi) is 5.40. The molecule has 144 valence electrons. The van der Waals surface area contributed by atoms with Crippen molar-refractivity contribution >= 4 is 34.6 Å². The molecule has 0 atom stereocenters. The predicted octanol–water partition coefficient (Wildman–Crippen LogP) is 5.25. The van der Waals surface area contributed by atoms with E-state index in [9.17, 15) is 9.18 Å². The molecule has 29 heavy (non-hydrogen) atoms. The molecular weight excluding hydrogens is 389 g/mol. The summed E-state index contributed by atoms with van der Waals surface area (Å²) in [5.41, 5.74) is 5.80. The summed E-state index contributed by atoms with van der Waals surface area (Å²) in [6.07, 6.45) is 3.30. The van der Waals surface area contributed by atoms with Gasteiger partial charge in [0.2, 0.25) is 0 Å². The SMILES string of the molecule is O=C(N/N=C/c1ccc(F)cc1)c1cn(Cc2ccc(Cl)cc2)c2ccccc12. The minimum atomic E-state index is -0.320. The molecule has 1 amide bonds. The Labute approximate surface area is 172 Å². The summed E-state index contributed by atoms with van der Waals surface area (Å²) in [4.78, 5) is 12.7. The Morgan fingerprint density at radius 2 is 1.76 bits per heavy atom. The molecule has 1 N–H and O–H groups in total. The molecule has 3 aromatic carbocycles. The van der Waals surface area contributed by atoms with E-state index in [0.717, 1.165) is 16.5 Å². The molecule has 0 aliphatic heterocycles. The van der Waals surface area contributed by atoms with Gasteiger partial charge in [0.15, 0.2) is 0 Å². The van der Waals surface area contributed by atoms with Crippen LogP contribution in [-0.2, 0) is 6.54 Å². The molecule has 4 rings (SSSR count). The van der Waals surface area contributed by atoms with E-state index in [4.69, 9.17) is 11.6 Å². The Morgan fingerprint density at radius 3 is 2.52 bits per heavy atom. The van der Waals surface area contributed by atoms with E-state index in [2.05, 4.69) is 10.5 Å². The number of carbonyl (C=O) groups is 1. The number of aromatic nitrogens is 1. The van der Waals surface area contributed by atoms with E-state index in [1.165, 1.54) is 18.3 Å². The Bertz CT molecular complexity index is 1180. The van der Waals surface area contributed by atoms with Crippen LogP contribution in [0.15, 0.2) is 84.1 Å². The van der Waals surface area contributed by atoms with Gasteiger partial charge in [0.1, 0.15) is 5.82 Å². The summed E-state index contributed by atoms with van der Waals surface area (Å²) in [5, 5.41) is 5.52. The van der Waals surface area contributed by atoms with Crippen LogP contribution < -0.4 is 5.43 Å². The standard InChI is InChI=1S/C23H17ClFN3O/c24-18-9-5-17(6-10-18)14-28-15-21(20-3-1-2-4-22(20)28)23(29)27-26-13-16-7-11-19(25)12-8-16/h1-13,15H,14H2,(H,27,29)/b26-13+. The average molecular weight is 406 g/mol. The van der Waals surface area contributed by atoms with Gasteiger partial charge in [-0.1, -0.05) is 54.1 Å². The van der Waals surface area contributed by atoms with Gasteiger partial charge in [-0.25, -0.2) is 9.82 Å². The van der Waals surface area contributed by atoms with Crippen LogP contribution in [0.3, 0.4) is 0 Å². The maximum absolute atomic E-state index is 13.0. The van der Waals surface area contributed by atoms with Gasteiger partial charge in [-0.2, -0.15) is 5.10 Å². The van der Waals surface area contributed by atoms with Crippen LogP contribution in [-0.4, -0.2) is 16.7 Å². The second-order valence-corrected chi connectivity index (χ2v) is 7.00. The minimum absolute atomic E-state index is 0.311. The minimum Gasteiger partial charge on any atom is -0.342 e. The number of rotatable bonds is 5. The van der Waals surface area contributed by atoms with Crippen LogP contribution in [0.5, 0.6) is 0 Å². The monoisotopic (exact) mass is 405 g/mol. The highest BCUT2D eigenvalue weighted by Crippen LogP contribution is 2.23. The normalized spacial score (nSPS) is 11.2. The van der Waals surface area contributed by atoms with E-state index in [-0.39, 0.29) is 11.7 Å². The third-order valence-corrected chi connectivity index (χ3v) is 4.80. The molecule has 0 aliphatic carbocycles. The number of amides is 1. The fourth-order valence-electron chi connectivity index (χ4n) is 3.12. The number of carbonyl (C=O) groups excluding carboxylic acids is 1. The highest BCUT2D eigenvalue weighted by atomic mass is 35.5. The first kappa shape index (κ1) is 18.9. The molecule has 4 nitrogen and oxygen atoms in total. The van der Waals surface area contributed by atoms with Crippen molar-refractivity contribution in [2.24, 2.45) is 5.10 Å². The van der Waals surface area contributed by atoms with Gasteiger partial charge in [-0.3, -0.25) is 4.79 Å². The van der Waals surface area contributed by atoms with Crippen molar-refractivity contribution in [1.29, 1.82) is 0 Å². The number of hydrogen-bond donors (Lipinski definition) is 1. The molecule has 0 unspecified atom stereocenters. The lowest BCUT2D eigenvalue weighted by molar-refractivity contribution is 0.0956. The zero-order valence-corrected chi connectivity index (χ0v) is 16.1. The van der Waals surface area contributed by atoms with Crippen LogP contribution >= 0.6 is 11.6 Å². The third-order valence-electron chi connectivity index (χ3n) is 4.55. The van der Waals surface area contributed by atoms with E-state index in [0.29, 0.717) is 22.7 Å². The fraction of sp³-hybridized carbons (Fsp3) is 0.0435. The van der Waals surface area contributed by atoms with Gasteiger partial charge in [0.25, 0.3) is 5.91 Å². The van der Waals surface area contributed by atoms with Crippen LogP contribution in [0.4, 0.5) is 4.39 Å². The van der Waals surface area contributed by atoms with E-state index in [1.807, 2.05) is 59.3 Å². The van der Waals surface area contributed by atoms with Crippen molar-refractivity contribution in [3.05, 3.63) is 107 Å². The van der Waals surface area contributed by atoms with Crippen LogP contribution in [0, 0.1) is 5.82 Å². The molecule has 4 aromatic rings. The maximum atomic E-state index is 13.0. The second kappa shape index (κ2) is 8.29. The van der Waals surface area contributed by atoms with Crippen molar-refractivity contribution < 1.29 is 9.18 Å². The lowest BCUT2D eigenvalue weighted by Gasteiger charge is -2.05. The van der Waals surface area contributed by atoms with E-state index >= 15 is 0 Å². The summed E-state index contributed by atoms with van der Waals surface area (Å²) in [7, 11) is 0. The number of halogens is 2. The molecule has 1 heterocycles. The van der Waals surface area contributed by atoms with Crippen molar-refractivity contribution in [3.8, 4) is 0 Å². The lowest BCUT2D eigenvalue weighted by atomic mass is 10.1. The Hall–Kier alpha value is -3.44. The van der Waals surface area contributed by atoms with Crippen LogP contribution in [0.1, 0.15) is 21.5 Å². The largest absolute Gasteiger partial charge is 0.342 e. The third kappa shape index (κ3) is 4.36. The Morgan fingerprint density at radius 1 is 1.03 bits per heavy atom.